The molecule has 9 heteroatoms. The summed E-state index contributed by atoms with van der Waals surface area (Å²) in [5, 5.41) is 14.3. The number of ether oxygens (including phenoxy) is 1. The fraction of sp³-hybridized carbons (Fsp3) is 0.200. The van der Waals surface area contributed by atoms with E-state index in [2.05, 4.69) is 20.8 Å². The highest BCUT2D eigenvalue weighted by molar-refractivity contribution is 7.99. The smallest absolute Gasteiger partial charge is 0.234 e. The molecule has 8 nitrogen and oxygen atoms in total. The Morgan fingerprint density at radius 2 is 1.72 bits per heavy atom. The second-order valence-corrected chi connectivity index (χ2v) is 7.06. The summed E-state index contributed by atoms with van der Waals surface area (Å²) >= 11 is 1.25. The molecule has 0 radical (unpaired) electrons. The Hall–Kier alpha value is -3.33. The molecule has 0 aliphatic rings. The Morgan fingerprint density at radius 3 is 2.48 bits per heavy atom. The van der Waals surface area contributed by atoms with Crippen molar-refractivity contribution < 1.29 is 14.3 Å². The summed E-state index contributed by atoms with van der Waals surface area (Å²) in [6, 6.07) is 16.4. The van der Waals surface area contributed by atoms with Crippen molar-refractivity contribution in [3.05, 3.63) is 60.4 Å². The molecule has 0 aliphatic carbocycles. The van der Waals surface area contributed by atoms with E-state index in [1.807, 2.05) is 30.3 Å². The molecule has 0 aliphatic heterocycles. The van der Waals surface area contributed by atoms with E-state index < -0.39 is 0 Å². The van der Waals surface area contributed by atoms with Crippen LogP contribution in [0.1, 0.15) is 5.82 Å². The van der Waals surface area contributed by atoms with Crippen LogP contribution in [0.25, 0.3) is 0 Å². The van der Waals surface area contributed by atoms with Crippen LogP contribution in [0.5, 0.6) is 5.75 Å². The first-order chi connectivity index (χ1) is 14.0. The maximum Gasteiger partial charge on any atom is 0.234 e. The molecule has 0 bridgehead atoms. The van der Waals surface area contributed by atoms with Crippen molar-refractivity contribution in [3.8, 4) is 5.75 Å². The van der Waals surface area contributed by atoms with Crippen molar-refractivity contribution in [1.82, 2.24) is 14.8 Å². The first-order valence-electron chi connectivity index (χ1n) is 8.85. The lowest BCUT2D eigenvalue weighted by molar-refractivity contribution is -0.116. The number of methoxy groups -OCH3 is 1. The predicted octanol–water partition coefficient (Wildman–Crippen LogP) is 2.74. The zero-order valence-corrected chi connectivity index (χ0v) is 16.9. The SMILES string of the molecule is COc1cccc(NC(=O)CSc2nnc(CC(=O)Nc3ccccc3)n2C)c1. The molecule has 0 saturated heterocycles. The average Bonchev–Trinajstić information content (AvgIpc) is 3.06. The second-order valence-electron chi connectivity index (χ2n) is 6.12. The summed E-state index contributed by atoms with van der Waals surface area (Å²) in [4.78, 5) is 24.4. The molecule has 2 N–H and O–H groups in total. The number of thioether (sulfide) groups is 1. The number of anilines is 2. The molecule has 0 unspecified atom stereocenters. The van der Waals surface area contributed by atoms with Crippen LogP contribution in [-0.2, 0) is 23.1 Å². The Bertz CT molecular complexity index is 991. The molecule has 0 fully saturated rings. The largest absolute Gasteiger partial charge is 0.497 e. The average molecular weight is 411 g/mol. The van der Waals surface area contributed by atoms with Gasteiger partial charge in [0.25, 0.3) is 0 Å². The number of nitrogens with one attached hydrogen (secondary N) is 2. The van der Waals surface area contributed by atoms with E-state index in [-0.39, 0.29) is 24.0 Å². The van der Waals surface area contributed by atoms with Crippen LogP contribution in [0.2, 0.25) is 0 Å². The van der Waals surface area contributed by atoms with Gasteiger partial charge in [0.1, 0.15) is 11.6 Å². The summed E-state index contributed by atoms with van der Waals surface area (Å²) in [7, 11) is 3.34. The van der Waals surface area contributed by atoms with Crippen LogP contribution in [0, 0.1) is 0 Å². The van der Waals surface area contributed by atoms with Crippen molar-refractivity contribution in [2.75, 3.05) is 23.5 Å². The van der Waals surface area contributed by atoms with Gasteiger partial charge >= 0.3 is 0 Å². The Morgan fingerprint density at radius 1 is 1.00 bits per heavy atom. The summed E-state index contributed by atoms with van der Waals surface area (Å²) in [5.74, 6) is 1.00. The van der Waals surface area contributed by atoms with Gasteiger partial charge in [-0.1, -0.05) is 36.0 Å². The quantitative estimate of drug-likeness (QED) is 0.553. The van der Waals surface area contributed by atoms with Crippen LogP contribution in [0.3, 0.4) is 0 Å². The van der Waals surface area contributed by atoms with Crippen LogP contribution in [-0.4, -0.2) is 39.4 Å². The van der Waals surface area contributed by atoms with Gasteiger partial charge in [-0.25, -0.2) is 0 Å². The Labute approximate surface area is 172 Å². The number of hydrogen-bond acceptors (Lipinski definition) is 6. The van der Waals surface area contributed by atoms with Crippen molar-refractivity contribution >= 4 is 35.0 Å². The highest BCUT2D eigenvalue weighted by Gasteiger charge is 2.14. The van der Waals surface area contributed by atoms with E-state index in [0.717, 1.165) is 5.69 Å². The highest BCUT2D eigenvalue weighted by Crippen LogP contribution is 2.19. The standard InChI is InChI=1S/C20H21N5O3S/c1-25-17(12-18(26)21-14-7-4-3-5-8-14)23-24-20(25)29-13-19(27)22-15-9-6-10-16(11-15)28-2/h3-11H,12-13H2,1-2H3,(H,21,26)(H,22,27). The number of para-hydroxylation sites is 1. The van der Waals surface area contributed by atoms with Gasteiger partial charge in [0.15, 0.2) is 5.16 Å². The van der Waals surface area contributed by atoms with Crippen molar-refractivity contribution in [3.63, 3.8) is 0 Å². The van der Waals surface area contributed by atoms with Crippen molar-refractivity contribution in [2.45, 2.75) is 11.6 Å². The molecule has 3 aromatic rings. The minimum Gasteiger partial charge on any atom is -0.497 e. The summed E-state index contributed by atoms with van der Waals surface area (Å²) in [6.45, 7) is 0. The summed E-state index contributed by atoms with van der Waals surface area (Å²) < 4.78 is 6.86. The third kappa shape index (κ3) is 5.82. The lowest BCUT2D eigenvalue weighted by Gasteiger charge is -2.07. The minimum atomic E-state index is -0.181. The monoisotopic (exact) mass is 411 g/mol. The fourth-order valence-electron chi connectivity index (χ4n) is 2.52. The topological polar surface area (TPSA) is 98.1 Å². The number of carbonyl (C=O) groups is 2. The maximum atomic E-state index is 12.2. The number of nitrogens with zero attached hydrogens (tertiary/aromatic N) is 3. The summed E-state index contributed by atoms with van der Waals surface area (Å²) in [6.07, 6.45) is 0.0922. The van der Waals surface area contributed by atoms with Gasteiger partial charge in [-0.15, -0.1) is 10.2 Å². The molecule has 3 rings (SSSR count). The van der Waals surface area contributed by atoms with E-state index >= 15 is 0 Å². The third-order valence-corrected chi connectivity index (χ3v) is 5.01. The van der Waals surface area contributed by atoms with E-state index in [9.17, 15) is 9.59 Å². The number of hydrogen-bond donors (Lipinski definition) is 2. The Kier molecular flexibility index (Phi) is 6.85. The van der Waals surface area contributed by atoms with Crippen molar-refractivity contribution in [2.24, 2.45) is 7.05 Å². The Balaban J connectivity index is 1.52. The van der Waals surface area contributed by atoms with Gasteiger partial charge in [0, 0.05) is 24.5 Å². The zero-order chi connectivity index (χ0) is 20.6. The van der Waals surface area contributed by atoms with E-state index in [1.54, 1.807) is 43.0 Å². The van der Waals surface area contributed by atoms with Gasteiger partial charge in [-0.05, 0) is 24.3 Å². The molecular weight excluding hydrogens is 390 g/mol. The van der Waals surface area contributed by atoms with Gasteiger partial charge < -0.3 is 19.9 Å². The summed E-state index contributed by atoms with van der Waals surface area (Å²) in [5.41, 5.74) is 1.38. The van der Waals surface area contributed by atoms with Gasteiger partial charge in [-0.3, -0.25) is 9.59 Å². The van der Waals surface area contributed by atoms with E-state index in [4.69, 9.17) is 4.74 Å². The first kappa shape index (κ1) is 20.4. The zero-order valence-electron chi connectivity index (χ0n) is 16.1. The first-order valence-corrected chi connectivity index (χ1v) is 9.83. The van der Waals surface area contributed by atoms with E-state index in [1.165, 1.54) is 11.8 Å². The number of benzene rings is 2. The maximum absolute atomic E-state index is 12.2. The molecule has 0 saturated carbocycles. The third-order valence-electron chi connectivity index (χ3n) is 3.99. The van der Waals surface area contributed by atoms with Gasteiger partial charge in [0.05, 0.1) is 19.3 Å². The van der Waals surface area contributed by atoms with Gasteiger partial charge in [0.2, 0.25) is 11.8 Å². The number of amides is 2. The fourth-order valence-corrected chi connectivity index (χ4v) is 3.25. The van der Waals surface area contributed by atoms with Crippen LogP contribution >= 0.6 is 11.8 Å². The van der Waals surface area contributed by atoms with Crippen LogP contribution in [0.15, 0.2) is 59.8 Å². The molecular formula is C20H21N5O3S. The number of aromatic nitrogens is 3. The molecule has 29 heavy (non-hydrogen) atoms. The molecule has 1 heterocycles. The minimum absolute atomic E-state index is 0.0922. The molecule has 1 aromatic heterocycles. The lowest BCUT2D eigenvalue weighted by Crippen LogP contribution is -2.17. The number of rotatable bonds is 8. The molecule has 0 atom stereocenters. The molecule has 2 amide bonds. The molecule has 150 valence electrons. The second kappa shape index (κ2) is 9.74. The molecule has 0 spiro atoms. The van der Waals surface area contributed by atoms with Gasteiger partial charge in [-0.2, -0.15) is 0 Å². The molecule has 2 aromatic carbocycles. The normalized spacial score (nSPS) is 10.4. The number of carbonyl (C=O) groups excluding carboxylic acids is 2. The predicted molar refractivity (Wildman–Crippen MR) is 112 cm³/mol. The van der Waals surface area contributed by atoms with Crippen molar-refractivity contribution in [1.29, 1.82) is 0 Å². The van der Waals surface area contributed by atoms with E-state index in [0.29, 0.717) is 22.4 Å². The van der Waals surface area contributed by atoms with Crippen LogP contribution in [0.4, 0.5) is 11.4 Å². The highest BCUT2D eigenvalue weighted by atomic mass is 32.2. The lowest BCUT2D eigenvalue weighted by atomic mass is 10.3. The van der Waals surface area contributed by atoms with Crippen LogP contribution < -0.4 is 15.4 Å².